The number of hydrogen-bond acceptors (Lipinski definition) is 4. The lowest BCUT2D eigenvalue weighted by Gasteiger charge is -2.12. The molecule has 1 amide bonds. The van der Waals surface area contributed by atoms with Crippen molar-refractivity contribution in [3.8, 4) is 17.0 Å². The van der Waals surface area contributed by atoms with E-state index in [1.807, 2.05) is 48.5 Å². The fraction of sp³-hybridized carbons (Fsp3) is 0.148. The highest BCUT2D eigenvalue weighted by atomic mass is 16.3. The molecular weight excluding hydrogens is 398 g/mol. The third-order valence-corrected chi connectivity index (χ3v) is 5.24. The summed E-state index contributed by atoms with van der Waals surface area (Å²) in [6, 6.07) is 27.0. The number of anilines is 1. The van der Waals surface area contributed by atoms with Crippen molar-refractivity contribution in [3.63, 3.8) is 0 Å². The molecule has 32 heavy (non-hydrogen) atoms. The Kier molecular flexibility index (Phi) is 6.88. The number of carbonyl (C=O) groups is 1. The quantitative estimate of drug-likeness (QED) is 0.408. The van der Waals surface area contributed by atoms with E-state index in [1.165, 1.54) is 5.56 Å². The van der Waals surface area contributed by atoms with Crippen LogP contribution in [-0.2, 0) is 24.1 Å². The van der Waals surface area contributed by atoms with Crippen LogP contribution in [-0.4, -0.2) is 21.0 Å². The number of benzene rings is 3. The number of aryl methyl sites for hydroxylation is 3. The summed E-state index contributed by atoms with van der Waals surface area (Å²) in [5.74, 6) is 0.622. The monoisotopic (exact) mass is 423 g/mol. The Hall–Kier alpha value is -3.99. The van der Waals surface area contributed by atoms with Gasteiger partial charge in [0.25, 0.3) is 0 Å². The SMILES string of the molecule is O=C(CCc1ccccc1)Nc1ncc(-c2ccc(O)cc2)nc1CCc1ccccc1. The normalized spacial score (nSPS) is 10.6. The summed E-state index contributed by atoms with van der Waals surface area (Å²) in [5.41, 5.74) is 4.63. The van der Waals surface area contributed by atoms with Gasteiger partial charge in [-0.2, -0.15) is 0 Å². The number of aromatic nitrogens is 2. The van der Waals surface area contributed by atoms with Crippen molar-refractivity contribution in [2.75, 3.05) is 5.32 Å². The number of rotatable bonds is 8. The number of nitrogens with zero attached hydrogens (tertiary/aromatic N) is 2. The van der Waals surface area contributed by atoms with E-state index in [0.29, 0.717) is 30.8 Å². The molecule has 0 fully saturated rings. The van der Waals surface area contributed by atoms with Crippen molar-refractivity contribution in [2.24, 2.45) is 0 Å². The maximum absolute atomic E-state index is 12.6. The lowest BCUT2D eigenvalue weighted by molar-refractivity contribution is -0.116. The summed E-state index contributed by atoms with van der Waals surface area (Å²) in [4.78, 5) is 21.9. The second-order valence-electron chi connectivity index (χ2n) is 7.62. The Morgan fingerprint density at radius 1 is 0.781 bits per heavy atom. The van der Waals surface area contributed by atoms with Gasteiger partial charge in [-0.1, -0.05) is 60.7 Å². The van der Waals surface area contributed by atoms with Gasteiger partial charge in [0, 0.05) is 12.0 Å². The van der Waals surface area contributed by atoms with Crippen LogP contribution in [0.3, 0.4) is 0 Å². The molecule has 0 aliphatic rings. The molecule has 0 atom stereocenters. The molecule has 0 spiro atoms. The summed E-state index contributed by atoms with van der Waals surface area (Å²) in [6.45, 7) is 0. The Bertz CT molecular complexity index is 1160. The van der Waals surface area contributed by atoms with Gasteiger partial charge in [0.1, 0.15) is 5.75 Å². The molecule has 4 rings (SSSR count). The van der Waals surface area contributed by atoms with Crippen LogP contribution in [0, 0.1) is 0 Å². The van der Waals surface area contributed by atoms with Gasteiger partial charge in [0.05, 0.1) is 17.6 Å². The summed E-state index contributed by atoms with van der Waals surface area (Å²) >= 11 is 0. The van der Waals surface area contributed by atoms with Gasteiger partial charge >= 0.3 is 0 Å². The molecule has 0 bridgehead atoms. The fourth-order valence-corrected chi connectivity index (χ4v) is 3.48. The van der Waals surface area contributed by atoms with E-state index in [1.54, 1.807) is 30.5 Å². The summed E-state index contributed by atoms with van der Waals surface area (Å²) in [6.07, 6.45) is 4.15. The average Bonchev–Trinajstić information content (AvgIpc) is 2.84. The van der Waals surface area contributed by atoms with E-state index >= 15 is 0 Å². The molecule has 4 aromatic rings. The van der Waals surface area contributed by atoms with Crippen LogP contribution >= 0.6 is 0 Å². The lowest BCUT2D eigenvalue weighted by Crippen LogP contribution is -2.16. The number of amides is 1. The number of carbonyl (C=O) groups excluding carboxylic acids is 1. The first-order valence-corrected chi connectivity index (χ1v) is 10.7. The van der Waals surface area contributed by atoms with Gasteiger partial charge in [-0.05, 0) is 54.7 Å². The molecule has 0 aliphatic carbocycles. The third kappa shape index (κ3) is 5.79. The molecule has 1 heterocycles. The molecule has 160 valence electrons. The van der Waals surface area contributed by atoms with Gasteiger partial charge in [-0.15, -0.1) is 0 Å². The van der Waals surface area contributed by atoms with Crippen molar-refractivity contribution in [2.45, 2.75) is 25.7 Å². The molecule has 5 nitrogen and oxygen atoms in total. The second-order valence-corrected chi connectivity index (χ2v) is 7.62. The fourth-order valence-electron chi connectivity index (χ4n) is 3.48. The predicted molar refractivity (Wildman–Crippen MR) is 126 cm³/mol. The first kappa shape index (κ1) is 21.2. The van der Waals surface area contributed by atoms with E-state index in [4.69, 9.17) is 4.98 Å². The summed E-state index contributed by atoms with van der Waals surface area (Å²) in [7, 11) is 0. The maximum Gasteiger partial charge on any atom is 0.225 e. The summed E-state index contributed by atoms with van der Waals surface area (Å²) in [5, 5.41) is 12.5. The van der Waals surface area contributed by atoms with Crippen molar-refractivity contribution >= 4 is 11.7 Å². The molecule has 1 aromatic heterocycles. The first-order valence-electron chi connectivity index (χ1n) is 10.7. The zero-order valence-corrected chi connectivity index (χ0v) is 17.7. The largest absolute Gasteiger partial charge is 0.508 e. The number of phenols is 1. The maximum atomic E-state index is 12.6. The average molecular weight is 424 g/mol. The molecule has 2 N–H and O–H groups in total. The van der Waals surface area contributed by atoms with Crippen LogP contribution in [0.5, 0.6) is 5.75 Å². The Morgan fingerprint density at radius 2 is 1.41 bits per heavy atom. The number of hydrogen-bond donors (Lipinski definition) is 2. The molecule has 0 aliphatic heterocycles. The highest BCUT2D eigenvalue weighted by molar-refractivity contribution is 5.90. The van der Waals surface area contributed by atoms with E-state index in [-0.39, 0.29) is 11.7 Å². The molecule has 3 aromatic carbocycles. The lowest BCUT2D eigenvalue weighted by atomic mass is 10.1. The van der Waals surface area contributed by atoms with Gasteiger partial charge < -0.3 is 10.4 Å². The van der Waals surface area contributed by atoms with E-state index in [0.717, 1.165) is 23.2 Å². The Morgan fingerprint density at radius 3 is 2.06 bits per heavy atom. The standard InChI is InChI=1S/C27H25N3O2/c31-23-15-13-22(14-16-23)25-19-28-27(24(29-25)17-11-20-7-3-1-4-8-20)30-26(32)18-12-21-9-5-2-6-10-21/h1-10,13-16,19,31H,11-12,17-18H2,(H,28,30,32). The van der Waals surface area contributed by atoms with Crippen LogP contribution in [0.4, 0.5) is 5.82 Å². The zero-order valence-electron chi connectivity index (χ0n) is 17.7. The predicted octanol–water partition coefficient (Wildman–Crippen LogP) is 5.21. The van der Waals surface area contributed by atoms with E-state index < -0.39 is 0 Å². The Labute approximate surface area is 187 Å². The molecular formula is C27H25N3O2. The smallest absolute Gasteiger partial charge is 0.225 e. The highest BCUT2D eigenvalue weighted by Gasteiger charge is 2.13. The van der Waals surface area contributed by atoms with Crippen molar-refractivity contribution in [1.29, 1.82) is 0 Å². The number of aromatic hydroxyl groups is 1. The minimum absolute atomic E-state index is 0.0819. The molecule has 0 saturated carbocycles. The van der Waals surface area contributed by atoms with Gasteiger partial charge in [-0.25, -0.2) is 9.97 Å². The minimum Gasteiger partial charge on any atom is -0.508 e. The van der Waals surface area contributed by atoms with Gasteiger partial charge in [0.15, 0.2) is 5.82 Å². The van der Waals surface area contributed by atoms with Crippen molar-refractivity contribution < 1.29 is 9.90 Å². The van der Waals surface area contributed by atoms with Crippen molar-refractivity contribution in [1.82, 2.24) is 9.97 Å². The summed E-state index contributed by atoms with van der Waals surface area (Å²) < 4.78 is 0. The van der Waals surface area contributed by atoms with Gasteiger partial charge in [-0.3, -0.25) is 4.79 Å². The molecule has 5 heteroatoms. The van der Waals surface area contributed by atoms with Gasteiger partial charge in [0.2, 0.25) is 5.91 Å². The van der Waals surface area contributed by atoms with E-state index in [2.05, 4.69) is 22.4 Å². The number of phenolic OH excluding ortho intramolecular Hbond substituents is 1. The van der Waals surface area contributed by atoms with Crippen molar-refractivity contribution in [3.05, 3.63) is 108 Å². The molecule has 0 unspecified atom stereocenters. The minimum atomic E-state index is -0.0819. The Balaban J connectivity index is 1.52. The highest BCUT2D eigenvalue weighted by Crippen LogP contribution is 2.23. The number of nitrogens with one attached hydrogen (secondary N) is 1. The van der Waals surface area contributed by atoms with Crippen LogP contribution in [0.25, 0.3) is 11.3 Å². The van der Waals surface area contributed by atoms with Crippen LogP contribution < -0.4 is 5.32 Å². The van der Waals surface area contributed by atoms with E-state index in [9.17, 15) is 9.90 Å². The second kappa shape index (κ2) is 10.4. The van der Waals surface area contributed by atoms with Crippen LogP contribution in [0.1, 0.15) is 23.2 Å². The topological polar surface area (TPSA) is 75.1 Å². The van der Waals surface area contributed by atoms with Crippen LogP contribution in [0.2, 0.25) is 0 Å². The zero-order chi connectivity index (χ0) is 22.2. The molecule has 0 saturated heterocycles. The molecule has 0 radical (unpaired) electrons. The van der Waals surface area contributed by atoms with Crippen LogP contribution in [0.15, 0.2) is 91.1 Å². The first-order chi connectivity index (χ1) is 15.7. The third-order valence-electron chi connectivity index (χ3n) is 5.24.